The number of fused-ring (bicyclic) bond motifs is 4. The molecule has 2 aliphatic heterocycles. The molecule has 55 heavy (non-hydrogen) atoms. The molecule has 1 saturated carbocycles. The lowest BCUT2D eigenvalue weighted by Gasteiger charge is -2.47. The SMILES string of the molecule is C[C@@H](COc1ccnc2c1[C@H](C)CCC2)C[C@H]1Cc2cc3c(cc2C12CCC(Nc1cccc(Cl)c1)(C(=O)O)CC2)O[C@@H](CN(C)C1CCN(C)CC1)CO3. The zero-order valence-electron chi connectivity index (χ0n) is 33.1. The summed E-state index contributed by atoms with van der Waals surface area (Å²) in [4.78, 5) is 22.7. The van der Waals surface area contributed by atoms with E-state index in [1.165, 1.54) is 48.1 Å². The average Bonchev–Trinajstić information content (AvgIpc) is 3.44. The minimum Gasteiger partial charge on any atom is -0.493 e. The second-order valence-corrected chi connectivity index (χ2v) is 18.1. The van der Waals surface area contributed by atoms with E-state index in [1.807, 2.05) is 36.5 Å². The van der Waals surface area contributed by atoms with Crippen molar-refractivity contribution in [3.8, 4) is 17.2 Å². The number of benzene rings is 2. The molecule has 0 radical (unpaired) electrons. The Kier molecular flexibility index (Phi) is 11.0. The highest BCUT2D eigenvalue weighted by Gasteiger charge is 2.54. The number of anilines is 1. The molecule has 296 valence electrons. The zero-order valence-corrected chi connectivity index (χ0v) is 33.9. The van der Waals surface area contributed by atoms with Gasteiger partial charge in [-0.15, -0.1) is 0 Å². The van der Waals surface area contributed by atoms with Gasteiger partial charge in [-0.05, 0) is 169 Å². The first-order valence-electron chi connectivity index (χ1n) is 20.8. The molecule has 2 fully saturated rings. The molecule has 3 heterocycles. The fraction of sp³-hybridized carbons (Fsp3) is 0.600. The molecule has 2 N–H and O–H groups in total. The number of carboxylic acids is 1. The summed E-state index contributed by atoms with van der Waals surface area (Å²) >= 11 is 6.33. The van der Waals surface area contributed by atoms with Gasteiger partial charge in [0.15, 0.2) is 11.5 Å². The third-order valence-corrected chi connectivity index (χ3v) is 14.1. The van der Waals surface area contributed by atoms with Crippen LogP contribution in [0.3, 0.4) is 0 Å². The molecular weight excluding hydrogens is 712 g/mol. The van der Waals surface area contributed by atoms with Gasteiger partial charge >= 0.3 is 5.97 Å². The fourth-order valence-corrected chi connectivity index (χ4v) is 10.9. The molecule has 0 amide bonds. The normalized spacial score (nSPS) is 28.4. The van der Waals surface area contributed by atoms with Gasteiger partial charge in [0.05, 0.1) is 6.61 Å². The summed E-state index contributed by atoms with van der Waals surface area (Å²) in [5, 5.41) is 14.8. The van der Waals surface area contributed by atoms with Gasteiger partial charge in [-0.2, -0.15) is 0 Å². The molecule has 0 bridgehead atoms. The van der Waals surface area contributed by atoms with E-state index in [1.54, 1.807) is 0 Å². The number of aromatic nitrogens is 1. The number of likely N-dealkylation sites (N-methyl/N-ethyl adjacent to an activating group) is 1. The van der Waals surface area contributed by atoms with E-state index in [2.05, 4.69) is 55.2 Å². The number of pyridine rings is 1. The molecule has 3 aromatic rings. The summed E-state index contributed by atoms with van der Waals surface area (Å²) in [7, 11) is 4.42. The Morgan fingerprint density at radius 2 is 1.93 bits per heavy atom. The molecule has 1 aromatic heterocycles. The minimum absolute atomic E-state index is 0.0462. The summed E-state index contributed by atoms with van der Waals surface area (Å²) < 4.78 is 19.9. The number of carboxylic acid groups (broad SMARTS) is 1. The Labute approximate surface area is 332 Å². The predicted molar refractivity (Wildman–Crippen MR) is 217 cm³/mol. The largest absolute Gasteiger partial charge is 0.493 e. The average molecular weight is 771 g/mol. The van der Waals surface area contributed by atoms with Crippen molar-refractivity contribution in [2.45, 2.75) is 113 Å². The minimum atomic E-state index is -1.08. The van der Waals surface area contributed by atoms with E-state index in [-0.39, 0.29) is 11.5 Å². The maximum atomic E-state index is 13.1. The number of nitrogens with zero attached hydrogens (tertiary/aromatic N) is 3. The van der Waals surface area contributed by atoms with Crippen molar-refractivity contribution in [2.24, 2.45) is 11.8 Å². The van der Waals surface area contributed by atoms with Crippen LogP contribution in [-0.4, -0.2) is 90.5 Å². The van der Waals surface area contributed by atoms with E-state index in [9.17, 15) is 9.90 Å². The number of aryl methyl sites for hydroxylation is 1. The third kappa shape index (κ3) is 7.78. The predicted octanol–water partition coefficient (Wildman–Crippen LogP) is 8.37. The van der Waals surface area contributed by atoms with Crippen LogP contribution in [0.5, 0.6) is 17.2 Å². The van der Waals surface area contributed by atoms with Crippen molar-refractivity contribution < 1.29 is 24.1 Å². The number of ether oxygens (including phenoxy) is 3. The summed E-state index contributed by atoms with van der Waals surface area (Å²) in [6.45, 7) is 8.86. The topological polar surface area (TPSA) is 96.4 Å². The van der Waals surface area contributed by atoms with Gasteiger partial charge in [0.1, 0.15) is 24.0 Å². The van der Waals surface area contributed by atoms with E-state index < -0.39 is 11.5 Å². The lowest BCUT2D eigenvalue weighted by atomic mass is 9.59. The van der Waals surface area contributed by atoms with E-state index in [0.717, 1.165) is 74.7 Å². The molecule has 8 rings (SSSR count). The van der Waals surface area contributed by atoms with Gasteiger partial charge in [0.2, 0.25) is 0 Å². The number of aliphatic carboxylic acids is 1. The summed E-state index contributed by atoms with van der Waals surface area (Å²) in [6.07, 6.45) is 12.0. The van der Waals surface area contributed by atoms with Crippen molar-refractivity contribution in [3.05, 3.63) is 76.1 Å². The maximum Gasteiger partial charge on any atom is 0.329 e. The Bertz CT molecular complexity index is 1850. The Morgan fingerprint density at radius 3 is 2.69 bits per heavy atom. The van der Waals surface area contributed by atoms with Gasteiger partial charge in [0.25, 0.3) is 0 Å². The number of likely N-dealkylation sites (tertiary alicyclic amines) is 1. The van der Waals surface area contributed by atoms with Gasteiger partial charge in [-0.1, -0.05) is 31.5 Å². The molecule has 1 saturated heterocycles. The van der Waals surface area contributed by atoms with Crippen molar-refractivity contribution in [1.82, 2.24) is 14.8 Å². The maximum absolute atomic E-state index is 13.1. The lowest BCUT2D eigenvalue weighted by Crippen LogP contribution is -2.53. The summed E-state index contributed by atoms with van der Waals surface area (Å²) in [5.74, 6) is 2.93. The van der Waals surface area contributed by atoms with Crippen LogP contribution in [0, 0.1) is 11.8 Å². The molecular formula is C45H59ClN4O5. The van der Waals surface area contributed by atoms with Crippen molar-refractivity contribution in [3.63, 3.8) is 0 Å². The van der Waals surface area contributed by atoms with Crippen LogP contribution in [0.25, 0.3) is 0 Å². The second-order valence-electron chi connectivity index (χ2n) is 17.7. The number of rotatable bonds is 11. The number of piperidine rings is 1. The Hall–Kier alpha value is -3.53. The zero-order chi connectivity index (χ0) is 38.3. The number of halogens is 1. The van der Waals surface area contributed by atoms with Crippen LogP contribution >= 0.6 is 11.6 Å². The number of hydrogen-bond acceptors (Lipinski definition) is 8. The lowest BCUT2D eigenvalue weighted by molar-refractivity contribution is -0.144. The van der Waals surface area contributed by atoms with Crippen LogP contribution in [0.1, 0.15) is 99.9 Å². The van der Waals surface area contributed by atoms with Gasteiger partial charge in [0, 0.05) is 40.8 Å². The summed E-state index contributed by atoms with van der Waals surface area (Å²) in [6, 6.07) is 14.5. The van der Waals surface area contributed by atoms with Gasteiger partial charge in [-0.3, -0.25) is 9.88 Å². The first kappa shape index (κ1) is 38.3. The molecule has 4 atom stereocenters. The van der Waals surface area contributed by atoms with Crippen molar-refractivity contribution >= 4 is 23.3 Å². The molecule has 3 aliphatic carbocycles. The molecule has 0 unspecified atom stereocenters. The number of carbonyl (C=O) groups is 1. The Balaban J connectivity index is 1.03. The Morgan fingerprint density at radius 1 is 1.13 bits per heavy atom. The third-order valence-electron chi connectivity index (χ3n) is 13.9. The van der Waals surface area contributed by atoms with E-state index in [0.29, 0.717) is 54.9 Å². The highest BCUT2D eigenvalue weighted by Crippen LogP contribution is 2.58. The van der Waals surface area contributed by atoms with Crippen LogP contribution in [0.15, 0.2) is 48.7 Å². The summed E-state index contributed by atoms with van der Waals surface area (Å²) in [5.41, 5.74) is 4.58. The van der Waals surface area contributed by atoms with Crippen LogP contribution < -0.4 is 19.5 Å². The standard InChI is InChI=1S/C45H59ClN4O5/c1-29(27-53-39-11-18-47-38-10-5-7-30(2)42(38)39)21-32-22-31-23-40-41(55-36(28-54-40)26-50(4)35-12-19-49(3)20-13-35)25-37(31)44(32)14-16-45(17-15-44,43(51)52)48-34-9-6-8-33(46)24-34/h6,8-9,11,18,23-25,29-30,32,35-36,48H,5,7,10,12-17,19-22,26-28H2,1-4H3,(H,51,52)/t29-,30-,32+,36+,44?,45?/m1/s1. The van der Waals surface area contributed by atoms with Gasteiger partial charge in [-0.25, -0.2) is 4.79 Å². The molecule has 1 spiro atoms. The van der Waals surface area contributed by atoms with E-state index in [4.69, 9.17) is 30.8 Å². The van der Waals surface area contributed by atoms with Crippen LogP contribution in [0.4, 0.5) is 5.69 Å². The number of nitrogens with one attached hydrogen (secondary N) is 1. The first-order valence-corrected chi connectivity index (χ1v) is 21.1. The smallest absolute Gasteiger partial charge is 0.329 e. The van der Waals surface area contributed by atoms with Crippen molar-refractivity contribution in [2.75, 3.05) is 52.3 Å². The van der Waals surface area contributed by atoms with Gasteiger partial charge < -0.3 is 29.5 Å². The van der Waals surface area contributed by atoms with E-state index >= 15 is 0 Å². The first-order chi connectivity index (χ1) is 26.5. The van der Waals surface area contributed by atoms with Crippen molar-refractivity contribution in [1.29, 1.82) is 0 Å². The van der Waals surface area contributed by atoms with Crippen LogP contribution in [-0.2, 0) is 23.1 Å². The quantitative estimate of drug-likeness (QED) is 0.200. The second kappa shape index (κ2) is 15.8. The highest BCUT2D eigenvalue weighted by atomic mass is 35.5. The molecule has 10 heteroatoms. The fourth-order valence-electron chi connectivity index (χ4n) is 10.7. The number of hydrogen-bond donors (Lipinski definition) is 2. The molecule has 2 aromatic carbocycles. The molecule has 5 aliphatic rings. The highest BCUT2D eigenvalue weighted by molar-refractivity contribution is 6.30. The molecule has 9 nitrogen and oxygen atoms in total. The van der Waals surface area contributed by atoms with Crippen LogP contribution in [0.2, 0.25) is 5.02 Å². The monoisotopic (exact) mass is 770 g/mol.